The van der Waals surface area contributed by atoms with Gasteiger partial charge in [-0.15, -0.1) is 0 Å². The Morgan fingerprint density at radius 2 is 1.62 bits per heavy atom. The van der Waals surface area contributed by atoms with Gasteiger partial charge in [0, 0.05) is 31.6 Å². The summed E-state index contributed by atoms with van der Waals surface area (Å²) < 4.78 is 23.0. The molecule has 0 spiro atoms. The highest BCUT2D eigenvalue weighted by Gasteiger charge is 2.39. The molecule has 0 amide bonds. The lowest BCUT2D eigenvalue weighted by atomic mass is 10.0. The summed E-state index contributed by atoms with van der Waals surface area (Å²) in [6.45, 7) is 14.8. The van der Waals surface area contributed by atoms with Gasteiger partial charge >= 0.3 is 14.8 Å². The van der Waals surface area contributed by atoms with Crippen LogP contribution in [0, 0.1) is 5.92 Å². The molecule has 0 saturated carbocycles. The second-order valence-electron chi connectivity index (χ2n) is 7.42. The first-order valence-electron chi connectivity index (χ1n) is 11.2. The summed E-state index contributed by atoms with van der Waals surface area (Å²) in [7, 11) is -2.53. The highest BCUT2D eigenvalue weighted by atomic mass is 32.2. The molecular weight excluding hydrogens is 404 g/mol. The van der Waals surface area contributed by atoms with Crippen LogP contribution in [0.3, 0.4) is 0 Å². The molecule has 7 heteroatoms. The number of thioether (sulfide) groups is 1. The molecule has 1 unspecified atom stereocenters. The number of hydrogen-bond donors (Lipinski definition) is 0. The smallest absolute Gasteiger partial charge is 0.466 e. The minimum absolute atomic E-state index is 0.0873. The van der Waals surface area contributed by atoms with Crippen LogP contribution in [0.5, 0.6) is 0 Å². The summed E-state index contributed by atoms with van der Waals surface area (Å²) in [5.74, 6) is 2.26. The Morgan fingerprint density at radius 3 is 2.17 bits per heavy atom. The van der Waals surface area contributed by atoms with Crippen molar-refractivity contribution in [3.05, 3.63) is 11.6 Å². The Morgan fingerprint density at radius 1 is 1.00 bits per heavy atom. The SMILES string of the molecule is CCO[Si](CCCSCCC(=O)OCCC(C)CCC=C(C)C)(OCC)OCC. The van der Waals surface area contributed by atoms with Crippen molar-refractivity contribution in [3.8, 4) is 0 Å². The summed E-state index contributed by atoms with van der Waals surface area (Å²) in [5, 5.41) is 0. The topological polar surface area (TPSA) is 54.0 Å². The molecule has 0 bridgehead atoms. The van der Waals surface area contributed by atoms with Gasteiger partial charge in [0.05, 0.1) is 13.0 Å². The number of hydrogen-bond acceptors (Lipinski definition) is 6. The molecule has 0 aromatic carbocycles. The molecule has 172 valence electrons. The van der Waals surface area contributed by atoms with Gasteiger partial charge < -0.3 is 18.0 Å². The van der Waals surface area contributed by atoms with Gasteiger partial charge in [0.25, 0.3) is 0 Å². The number of carbonyl (C=O) groups excluding carboxylic acids is 1. The van der Waals surface area contributed by atoms with E-state index in [0.717, 1.165) is 43.2 Å². The maximum Gasteiger partial charge on any atom is 0.500 e. The van der Waals surface area contributed by atoms with Crippen LogP contribution in [0.1, 0.15) is 73.6 Å². The van der Waals surface area contributed by atoms with Crippen LogP contribution in [-0.2, 0) is 22.8 Å². The van der Waals surface area contributed by atoms with Crippen LogP contribution in [0.2, 0.25) is 6.04 Å². The van der Waals surface area contributed by atoms with Crippen molar-refractivity contribution in [2.75, 3.05) is 37.9 Å². The fourth-order valence-corrected chi connectivity index (χ4v) is 6.63. The summed E-state index contributed by atoms with van der Waals surface area (Å²) in [5.41, 5.74) is 1.36. The first-order chi connectivity index (χ1) is 13.9. The number of allylic oxidation sites excluding steroid dienone is 2. The molecule has 0 aliphatic carbocycles. The number of carbonyl (C=O) groups is 1. The minimum atomic E-state index is -2.53. The molecule has 0 aliphatic rings. The molecule has 0 aromatic heterocycles. The molecule has 0 aromatic rings. The zero-order valence-electron chi connectivity index (χ0n) is 19.6. The third kappa shape index (κ3) is 16.1. The van der Waals surface area contributed by atoms with Crippen molar-refractivity contribution in [2.24, 2.45) is 5.92 Å². The first-order valence-corrected chi connectivity index (χ1v) is 14.3. The monoisotopic (exact) mass is 448 g/mol. The number of ether oxygens (including phenoxy) is 1. The normalized spacial score (nSPS) is 12.6. The van der Waals surface area contributed by atoms with Crippen LogP contribution in [0.15, 0.2) is 11.6 Å². The molecule has 0 N–H and O–H groups in total. The summed E-state index contributed by atoms with van der Waals surface area (Å²) in [6.07, 6.45) is 6.90. The summed E-state index contributed by atoms with van der Waals surface area (Å²) >= 11 is 1.78. The standard InChI is InChI=1S/C22H44O5SSi/c1-7-25-29(26-8-2,27-9-3)19-11-17-28-18-15-22(23)24-16-14-21(6)13-10-12-20(4)5/h12,21H,7-11,13-19H2,1-6H3. The highest BCUT2D eigenvalue weighted by molar-refractivity contribution is 7.99. The fourth-order valence-electron chi connectivity index (χ4n) is 2.90. The average Bonchev–Trinajstić information content (AvgIpc) is 2.65. The first kappa shape index (κ1) is 28.7. The van der Waals surface area contributed by atoms with E-state index < -0.39 is 8.80 Å². The molecule has 0 aliphatic heterocycles. The van der Waals surface area contributed by atoms with Gasteiger partial charge in [-0.1, -0.05) is 18.6 Å². The van der Waals surface area contributed by atoms with E-state index in [4.69, 9.17) is 18.0 Å². The van der Waals surface area contributed by atoms with E-state index in [1.54, 1.807) is 11.8 Å². The van der Waals surface area contributed by atoms with Crippen molar-refractivity contribution in [1.29, 1.82) is 0 Å². The third-order valence-electron chi connectivity index (χ3n) is 4.40. The number of rotatable bonds is 19. The molecule has 0 saturated heterocycles. The van der Waals surface area contributed by atoms with Crippen molar-refractivity contribution in [3.63, 3.8) is 0 Å². The summed E-state index contributed by atoms with van der Waals surface area (Å²) in [4.78, 5) is 11.9. The minimum Gasteiger partial charge on any atom is -0.466 e. The van der Waals surface area contributed by atoms with Crippen molar-refractivity contribution in [2.45, 2.75) is 79.7 Å². The molecular formula is C22H44O5SSi. The van der Waals surface area contributed by atoms with Gasteiger partial charge in [0.1, 0.15) is 0 Å². The van der Waals surface area contributed by atoms with E-state index in [1.807, 2.05) is 20.8 Å². The van der Waals surface area contributed by atoms with Crippen LogP contribution < -0.4 is 0 Å². The quantitative estimate of drug-likeness (QED) is 0.107. The Balaban J connectivity index is 3.85. The molecule has 29 heavy (non-hydrogen) atoms. The largest absolute Gasteiger partial charge is 0.500 e. The summed E-state index contributed by atoms with van der Waals surface area (Å²) in [6, 6.07) is 0.824. The van der Waals surface area contributed by atoms with Gasteiger partial charge in [-0.3, -0.25) is 4.79 Å². The lowest BCUT2D eigenvalue weighted by molar-refractivity contribution is -0.143. The molecule has 0 heterocycles. The fraction of sp³-hybridized carbons (Fsp3) is 0.864. The molecule has 0 radical (unpaired) electrons. The molecule has 1 atom stereocenters. The lowest BCUT2D eigenvalue weighted by Crippen LogP contribution is -2.46. The van der Waals surface area contributed by atoms with E-state index in [1.165, 1.54) is 5.57 Å². The molecule has 5 nitrogen and oxygen atoms in total. The van der Waals surface area contributed by atoms with Crippen LogP contribution >= 0.6 is 11.8 Å². The second-order valence-corrected chi connectivity index (χ2v) is 11.4. The maximum atomic E-state index is 11.9. The van der Waals surface area contributed by atoms with Gasteiger partial charge in [-0.25, -0.2) is 0 Å². The zero-order valence-corrected chi connectivity index (χ0v) is 21.4. The predicted octanol–water partition coefficient (Wildman–Crippen LogP) is 5.86. The zero-order chi connectivity index (χ0) is 22.0. The lowest BCUT2D eigenvalue weighted by Gasteiger charge is -2.28. The van der Waals surface area contributed by atoms with E-state index in [-0.39, 0.29) is 5.97 Å². The van der Waals surface area contributed by atoms with E-state index >= 15 is 0 Å². The Labute approximate surface area is 184 Å². The van der Waals surface area contributed by atoms with Crippen LogP contribution in [0.4, 0.5) is 0 Å². The second kappa shape index (κ2) is 18.4. The van der Waals surface area contributed by atoms with Gasteiger partial charge in [-0.05, 0) is 72.0 Å². The third-order valence-corrected chi connectivity index (χ3v) is 8.62. The number of esters is 1. The van der Waals surface area contributed by atoms with Crippen molar-refractivity contribution < 1.29 is 22.8 Å². The van der Waals surface area contributed by atoms with Crippen LogP contribution in [-0.4, -0.2) is 52.7 Å². The van der Waals surface area contributed by atoms with E-state index in [2.05, 4.69) is 26.8 Å². The Hall–Kier alpha value is -0.343. The highest BCUT2D eigenvalue weighted by Crippen LogP contribution is 2.20. The maximum absolute atomic E-state index is 11.9. The average molecular weight is 449 g/mol. The van der Waals surface area contributed by atoms with Crippen molar-refractivity contribution in [1.82, 2.24) is 0 Å². The van der Waals surface area contributed by atoms with Gasteiger partial charge in [0.2, 0.25) is 0 Å². The van der Waals surface area contributed by atoms with Gasteiger partial charge in [0.15, 0.2) is 0 Å². The van der Waals surface area contributed by atoms with E-state index in [0.29, 0.717) is 38.8 Å². The van der Waals surface area contributed by atoms with Crippen LogP contribution in [0.25, 0.3) is 0 Å². The Kier molecular flexibility index (Phi) is 18.2. The Bertz CT molecular complexity index is 424. The van der Waals surface area contributed by atoms with Crippen molar-refractivity contribution >= 4 is 26.5 Å². The van der Waals surface area contributed by atoms with E-state index in [9.17, 15) is 4.79 Å². The molecule has 0 rings (SSSR count). The van der Waals surface area contributed by atoms with Gasteiger partial charge in [-0.2, -0.15) is 11.8 Å². The predicted molar refractivity (Wildman–Crippen MR) is 125 cm³/mol. The molecule has 0 fully saturated rings.